The third-order valence-electron chi connectivity index (χ3n) is 16.8. The Morgan fingerprint density at radius 1 is 0.282 bits per heavy atom. The Labute approximate surface area is 472 Å². The average molecular weight is 1040 g/mol. The number of nitrogens with zero attached hydrogens (tertiary/aromatic N) is 4. The first-order valence-electron chi connectivity index (χ1n) is 32.0. The second kappa shape index (κ2) is 33.6. The third kappa shape index (κ3) is 18.2. The fourth-order valence-corrected chi connectivity index (χ4v) is 12.2. The van der Waals surface area contributed by atoms with E-state index >= 15 is 0 Å². The van der Waals surface area contributed by atoms with E-state index in [1.807, 2.05) is 12.4 Å². The number of rotatable bonds is 39. The van der Waals surface area contributed by atoms with Gasteiger partial charge in [-0.25, -0.2) is 0 Å². The lowest BCUT2D eigenvalue weighted by atomic mass is 10.0. The Morgan fingerprint density at radius 2 is 0.564 bits per heavy atom. The molecule has 0 spiro atoms. The van der Waals surface area contributed by atoms with Gasteiger partial charge in [0.15, 0.2) is 0 Å². The van der Waals surface area contributed by atoms with Gasteiger partial charge in [0.25, 0.3) is 0 Å². The van der Waals surface area contributed by atoms with Crippen LogP contribution in [0, 0.1) is 0 Å². The quantitative estimate of drug-likeness (QED) is 0.0360. The molecule has 414 valence electrons. The fourth-order valence-electron chi connectivity index (χ4n) is 12.2. The van der Waals surface area contributed by atoms with Gasteiger partial charge in [-0.1, -0.05) is 279 Å². The third-order valence-corrected chi connectivity index (χ3v) is 16.8. The zero-order valence-corrected chi connectivity index (χ0v) is 48.7. The standard InChI is InChI=1S/C74H98N4/c1-3-5-7-9-11-13-15-17-19-21-23-25-27-29-31-37-55-77-71-41-35-33-39-65(71)67-57-61(47-49-73(67)77)43-45-63-51-53-75-69(59-63)70-60-64(52-54-76-70)46-44-62-48-50-74-68(58-62)66-40-34-36-42-72(66)78(74)56-38-32-30-28-26-24-22-20-18-16-14-12-10-8-6-4-2/h33-36,39-54,57-60H,3-32,37-38,55-56H2,1-2H3/b45-43+,46-44+. The van der Waals surface area contributed by atoms with Gasteiger partial charge in [0.1, 0.15) is 0 Å². The predicted octanol–water partition coefficient (Wildman–Crippen LogP) is 23.2. The summed E-state index contributed by atoms with van der Waals surface area (Å²) in [5, 5.41) is 5.35. The van der Waals surface area contributed by atoms with Crippen molar-refractivity contribution in [1.82, 2.24) is 19.1 Å². The zero-order valence-electron chi connectivity index (χ0n) is 48.7. The van der Waals surface area contributed by atoms with Gasteiger partial charge < -0.3 is 9.13 Å². The average Bonchev–Trinajstić information content (AvgIpc) is 4.08. The molecule has 0 unspecified atom stereocenters. The molecule has 4 heteroatoms. The summed E-state index contributed by atoms with van der Waals surface area (Å²) in [5.74, 6) is 0. The molecule has 0 amide bonds. The molecule has 0 aliphatic rings. The molecule has 0 aliphatic heterocycles. The van der Waals surface area contributed by atoms with E-state index in [1.54, 1.807) is 0 Å². The summed E-state index contributed by atoms with van der Waals surface area (Å²) in [7, 11) is 0. The van der Waals surface area contributed by atoms with Crippen LogP contribution in [-0.4, -0.2) is 19.1 Å². The summed E-state index contributed by atoms with van der Waals surface area (Å²) >= 11 is 0. The molecule has 4 nitrogen and oxygen atoms in total. The smallest absolute Gasteiger partial charge is 0.0892 e. The number of pyridine rings is 2. The van der Waals surface area contributed by atoms with Crippen LogP contribution in [0.5, 0.6) is 0 Å². The number of fused-ring (bicyclic) bond motifs is 6. The van der Waals surface area contributed by atoms with Crippen molar-refractivity contribution in [2.24, 2.45) is 0 Å². The molecule has 4 heterocycles. The van der Waals surface area contributed by atoms with Crippen LogP contribution in [0.3, 0.4) is 0 Å². The number of unbranched alkanes of at least 4 members (excludes halogenated alkanes) is 30. The Balaban J connectivity index is 0.794. The largest absolute Gasteiger partial charge is 0.340 e. The maximum absolute atomic E-state index is 4.78. The van der Waals surface area contributed by atoms with Crippen LogP contribution in [0.4, 0.5) is 0 Å². The van der Waals surface area contributed by atoms with E-state index in [2.05, 4.69) is 156 Å². The zero-order chi connectivity index (χ0) is 53.7. The fraction of sp³-hybridized carbons (Fsp3) is 0.486. The lowest BCUT2D eigenvalue weighted by molar-refractivity contribution is 0.524. The second-order valence-corrected chi connectivity index (χ2v) is 23.1. The van der Waals surface area contributed by atoms with Crippen molar-refractivity contribution < 1.29 is 0 Å². The highest BCUT2D eigenvalue weighted by Gasteiger charge is 2.13. The van der Waals surface area contributed by atoms with Gasteiger partial charge in [-0.3, -0.25) is 9.97 Å². The monoisotopic (exact) mass is 1040 g/mol. The minimum absolute atomic E-state index is 0.874. The van der Waals surface area contributed by atoms with Crippen molar-refractivity contribution >= 4 is 67.9 Å². The molecule has 78 heavy (non-hydrogen) atoms. The lowest BCUT2D eigenvalue weighted by Crippen LogP contribution is -1.97. The van der Waals surface area contributed by atoms with Gasteiger partial charge in [-0.15, -0.1) is 0 Å². The van der Waals surface area contributed by atoms with Crippen LogP contribution >= 0.6 is 0 Å². The van der Waals surface area contributed by atoms with Crippen LogP contribution in [0.25, 0.3) is 79.3 Å². The summed E-state index contributed by atoms with van der Waals surface area (Å²) in [4.78, 5) is 9.56. The molecule has 4 aromatic carbocycles. The Kier molecular flexibility index (Phi) is 25.2. The Hall–Kier alpha value is -5.74. The maximum Gasteiger partial charge on any atom is 0.0892 e. The summed E-state index contributed by atoms with van der Waals surface area (Å²) in [5.41, 5.74) is 11.7. The van der Waals surface area contributed by atoms with Crippen LogP contribution < -0.4 is 0 Å². The van der Waals surface area contributed by atoms with Crippen molar-refractivity contribution in [3.8, 4) is 11.4 Å². The first kappa shape index (κ1) is 58.4. The van der Waals surface area contributed by atoms with Gasteiger partial charge in [0, 0.05) is 69.1 Å². The van der Waals surface area contributed by atoms with Crippen molar-refractivity contribution in [3.05, 3.63) is 144 Å². The van der Waals surface area contributed by atoms with Gasteiger partial charge in [-0.2, -0.15) is 0 Å². The second-order valence-electron chi connectivity index (χ2n) is 23.1. The topological polar surface area (TPSA) is 35.6 Å². The van der Waals surface area contributed by atoms with E-state index in [-0.39, 0.29) is 0 Å². The van der Waals surface area contributed by atoms with Crippen LogP contribution in [0.2, 0.25) is 0 Å². The van der Waals surface area contributed by atoms with Crippen molar-refractivity contribution in [2.75, 3.05) is 0 Å². The number of para-hydroxylation sites is 2. The first-order valence-corrected chi connectivity index (χ1v) is 32.0. The lowest BCUT2D eigenvalue weighted by Gasteiger charge is -2.08. The highest BCUT2D eigenvalue weighted by molar-refractivity contribution is 6.09. The van der Waals surface area contributed by atoms with Crippen molar-refractivity contribution in [3.63, 3.8) is 0 Å². The molecule has 0 aliphatic carbocycles. The number of hydrogen-bond donors (Lipinski definition) is 0. The van der Waals surface area contributed by atoms with Crippen LogP contribution in [0.15, 0.2) is 122 Å². The number of benzene rings is 4. The van der Waals surface area contributed by atoms with E-state index in [9.17, 15) is 0 Å². The number of aryl methyl sites for hydroxylation is 2. The minimum atomic E-state index is 0.874. The van der Waals surface area contributed by atoms with Gasteiger partial charge >= 0.3 is 0 Å². The predicted molar refractivity (Wildman–Crippen MR) is 343 cm³/mol. The molecule has 8 aromatic rings. The molecule has 0 fully saturated rings. The van der Waals surface area contributed by atoms with Crippen molar-refractivity contribution in [1.29, 1.82) is 0 Å². The molecule has 0 atom stereocenters. The summed E-state index contributed by atoms with van der Waals surface area (Å²) < 4.78 is 5.13. The van der Waals surface area contributed by atoms with Gasteiger partial charge in [-0.05, 0) is 95.8 Å². The molecule has 0 saturated carbocycles. The molecule has 4 aromatic heterocycles. The van der Waals surface area contributed by atoms with Crippen LogP contribution in [0.1, 0.15) is 242 Å². The highest BCUT2D eigenvalue weighted by Crippen LogP contribution is 2.33. The van der Waals surface area contributed by atoms with Crippen LogP contribution in [-0.2, 0) is 13.1 Å². The molecule has 0 saturated heterocycles. The summed E-state index contributed by atoms with van der Waals surface area (Å²) in [6.45, 7) is 6.75. The number of hydrogen-bond acceptors (Lipinski definition) is 2. The summed E-state index contributed by atoms with van der Waals surface area (Å²) in [6.07, 6.45) is 57.4. The van der Waals surface area contributed by atoms with Crippen molar-refractivity contribution in [2.45, 2.75) is 232 Å². The van der Waals surface area contributed by atoms with E-state index in [4.69, 9.17) is 9.97 Å². The summed E-state index contributed by atoms with van der Waals surface area (Å²) in [6, 6.07) is 40.4. The minimum Gasteiger partial charge on any atom is -0.340 e. The molecule has 8 rings (SSSR count). The first-order chi connectivity index (χ1) is 38.7. The molecule has 0 N–H and O–H groups in total. The van der Waals surface area contributed by atoms with Gasteiger partial charge in [0.2, 0.25) is 0 Å². The normalized spacial score (nSPS) is 12.1. The molecule has 0 bridgehead atoms. The Bertz CT molecular complexity index is 2830. The number of aromatic nitrogens is 4. The Morgan fingerprint density at radius 3 is 0.897 bits per heavy atom. The maximum atomic E-state index is 4.78. The molecular formula is C74H98N4. The molecular weight excluding hydrogens is 945 g/mol. The van der Waals surface area contributed by atoms with E-state index in [1.165, 1.54) is 260 Å². The van der Waals surface area contributed by atoms with E-state index in [0.29, 0.717) is 0 Å². The van der Waals surface area contributed by atoms with E-state index < -0.39 is 0 Å². The SMILES string of the molecule is CCCCCCCCCCCCCCCCCCn1c2ccccc2c2cc(/C=C/c3ccnc(-c4cc(/C=C/c5ccc6c(c5)c5ccccc5n6CCCCCCCCCCCCCCCCCC)ccn4)c3)ccc21. The molecule has 0 radical (unpaired) electrons. The van der Waals surface area contributed by atoms with Gasteiger partial charge in [0.05, 0.1) is 11.4 Å². The highest BCUT2D eigenvalue weighted by atomic mass is 15.0. The van der Waals surface area contributed by atoms with E-state index in [0.717, 1.165) is 35.6 Å².